The van der Waals surface area contributed by atoms with Crippen LogP contribution in [0.15, 0.2) is 39.8 Å². The van der Waals surface area contributed by atoms with Crippen molar-refractivity contribution in [3.05, 3.63) is 40.9 Å². The van der Waals surface area contributed by atoms with Crippen LogP contribution in [0.4, 0.5) is 0 Å². The van der Waals surface area contributed by atoms with Gasteiger partial charge in [0.25, 0.3) is 5.56 Å². The van der Waals surface area contributed by atoms with Crippen molar-refractivity contribution in [1.82, 2.24) is 14.9 Å². The van der Waals surface area contributed by atoms with E-state index in [1.54, 1.807) is 0 Å². The molecule has 2 aliphatic carbocycles. The van der Waals surface area contributed by atoms with Crippen molar-refractivity contribution in [1.29, 1.82) is 0 Å². The van der Waals surface area contributed by atoms with Crippen molar-refractivity contribution in [2.24, 2.45) is 16.7 Å². The quantitative estimate of drug-likeness (QED) is 0.756. The maximum Gasteiger partial charge on any atom is 0.297 e. The molecule has 2 fully saturated rings. The van der Waals surface area contributed by atoms with Crippen LogP contribution in [0.1, 0.15) is 40.0 Å². The molecule has 28 heavy (non-hydrogen) atoms. The van der Waals surface area contributed by atoms with Gasteiger partial charge in [-0.1, -0.05) is 32.9 Å². The number of para-hydroxylation sites is 1. The summed E-state index contributed by atoms with van der Waals surface area (Å²) in [5, 5.41) is 4.01. The number of aromatic nitrogens is 2. The van der Waals surface area contributed by atoms with Crippen molar-refractivity contribution in [2.75, 3.05) is 0 Å². The zero-order valence-corrected chi connectivity index (χ0v) is 16.5. The van der Waals surface area contributed by atoms with E-state index in [1.165, 1.54) is 17.3 Å². The molecular formula is C22H25N3O3. The summed E-state index contributed by atoms with van der Waals surface area (Å²) in [6.07, 6.45) is 4.84. The van der Waals surface area contributed by atoms with Gasteiger partial charge >= 0.3 is 0 Å². The second kappa shape index (κ2) is 5.69. The molecule has 2 aliphatic rings. The lowest BCUT2D eigenvalue weighted by Gasteiger charge is -2.39. The first-order valence-electron chi connectivity index (χ1n) is 9.97. The van der Waals surface area contributed by atoms with Crippen LogP contribution in [0.3, 0.4) is 0 Å². The number of rotatable bonds is 3. The van der Waals surface area contributed by atoms with Gasteiger partial charge in [-0.2, -0.15) is 0 Å². The summed E-state index contributed by atoms with van der Waals surface area (Å²) in [6, 6.07) is 7.59. The van der Waals surface area contributed by atoms with E-state index in [9.17, 15) is 9.59 Å². The van der Waals surface area contributed by atoms with Crippen LogP contribution in [0, 0.1) is 16.7 Å². The second-order valence-electron chi connectivity index (χ2n) is 9.18. The highest BCUT2D eigenvalue weighted by molar-refractivity contribution is 6.01. The minimum Gasteiger partial charge on any atom is -0.448 e. The molecule has 6 heteroatoms. The Labute approximate surface area is 162 Å². The minimum atomic E-state index is -0.323. The Morgan fingerprint density at radius 3 is 2.82 bits per heavy atom. The highest BCUT2D eigenvalue weighted by Crippen LogP contribution is 2.65. The molecule has 1 amide bonds. The van der Waals surface area contributed by atoms with Gasteiger partial charge in [-0.15, -0.1) is 0 Å². The van der Waals surface area contributed by atoms with Crippen LogP contribution >= 0.6 is 0 Å². The summed E-state index contributed by atoms with van der Waals surface area (Å²) in [5.74, 6) is 0.507. The molecule has 0 saturated heterocycles. The molecule has 2 bridgehead atoms. The van der Waals surface area contributed by atoms with Gasteiger partial charge < -0.3 is 9.73 Å². The van der Waals surface area contributed by atoms with Crippen LogP contribution in [0.5, 0.6) is 0 Å². The number of carbonyl (C=O) groups is 1. The maximum absolute atomic E-state index is 12.8. The van der Waals surface area contributed by atoms with Gasteiger partial charge in [0.2, 0.25) is 11.5 Å². The Balaban J connectivity index is 1.40. The van der Waals surface area contributed by atoms with E-state index in [0.717, 1.165) is 18.2 Å². The third-order valence-corrected chi connectivity index (χ3v) is 7.79. The molecule has 1 aromatic carbocycles. The predicted molar refractivity (Wildman–Crippen MR) is 107 cm³/mol. The lowest BCUT2D eigenvalue weighted by Crippen LogP contribution is -2.48. The number of nitrogens with zero attached hydrogens (tertiary/aromatic N) is 2. The highest BCUT2D eigenvalue weighted by Gasteiger charge is 2.61. The van der Waals surface area contributed by atoms with Gasteiger partial charge in [0.05, 0.1) is 6.33 Å². The number of amides is 1. The fourth-order valence-corrected chi connectivity index (χ4v) is 5.54. The van der Waals surface area contributed by atoms with E-state index < -0.39 is 0 Å². The Morgan fingerprint density at radius 2 is 2.11 bits per heavy atom. The Hall–Kier alpha value is -2.63. The van der Waals surface area contributed by atoms with Crippen LogP contribution in [-0.4, -0.2) is 21.5 Å². The molecule has 5 rings (SSSR count). The van der Waals surface area contributed by atoms with E-state index in [-0.39, 0.29) is 40.5 Å². The van der Waals surface area contributed by atoms with Crippen molar-refractivity contribution in [3.63, 3.8) is 0 Å². The maximum atomic E-state index is 12.8. The van der Waals surface area contributed by atoms with Gasteiger partial charge in [0.1, 0.15) is 17.6 Å². The molecule has 3 unspecified atom stereocenters. The standard InChI is InChI=1S/C22H25N3O3/c1-21(2)13-8-9-22(21,3)16(10-13)24-17(26)11-25-12-23-18-14-6-4-5-7-15(14)28-19(18)20(25)27/h4-7,12-13,16H,8-11H2,1-3H3,(H,24,26). The molecule has 146 valence electrons. The molecular weight excluding hydrogens is 354 g/mol. The monoisotopic (exact) mass is 379 g/mol. The SMILES string of the molecule is CC1(C)C2CCC1(C)C(NC(=O)Cn1cnc3c(oc4ccccc43)c1=O)C2. The van der Waals surface area contributed by atoms with Crippen LogP contribution in [0.25, 0.3) is 22.1 Å². The number of benzene rings is 1. The first kappa shape index (κ1) is 17.5. The molecule has 0 spiro atoms. The summed E-state index contributed by atoms with van der Waals surface area (Å²) in [4.78, 5) is 29.9. The molecule has 2 heterocycles. The smallest absolute Gasteiger partial charge is 0.297 e. The molecule has 2 aromatic heterocycles. The highest BCUT2D eigenvalue weighted by atomic mass is 16.3. The molecule has 3 atom stereocenters. The summed E-state index contributed by atoms with van der Waals surface area (Å²) < 4.78 is 7.03. The number of carbonyl (C=O) groups excluding carboxylic acids is 1. The zero-order valence-electron chi connectivity index (χ0n) is 16.5. The van der Waals surface area contributed by atoms with Crippen molar-refractivity contribution >= 4 is 28.0 Å². The van der Waals surface area contributed by atoms with E-state index in [2.05, 4.69) is 31.1 Å². The topological polar surface area (TPSA) is 77.1 Å². The first-order valence-corrected chi connectivity index (χ1v) is 9.97. The van der Waals surface area contributed by atoms with Crippen molar-refractivity contribution < 1.29 is 9.21 Å². The number of hydrogen-bond acceptors (Lipinski definition) is 4. The third-order valence-electron chi connectivity index (χ3n) is 7.79. The van der Waals surface area contributed by atoms with Crippen LogP contribution < -0.4 is 10.9 Å². The fraction of sp³-hybridized carbons (Fsp3) is 0.500. The van der Waals surface area contributed by atoms with Crippen molar-refractivity contribution in [2.45, 2.75) is 52.6 Å². The minimum absolute atomic E-state index is 0.0451. The largest absolute Gasteiger partial charge is 0.448 e. The first-order chi connectivity index (χ1) is 13.3. The van der Waals surface area contributed by atoms with Gasteiger partial charge in [-0.25, -0.2) is 4.98 Å². The Kier molecular flexibility index (Phi) is 3.55. The summed E-state index contributed by atoms with van der Waals surface area (Å²) in [7, 11) is 0. The summed E-state index contributed by atoms with van der Waals surface area (Å²) in [6.45, 7) is 6.89. The Morgan fingerprint density at radius 1 is 1.32 bits per heavy atom. The molecule has 1 N–H and O–H groups in total. The summed E-state index contributed by atoms with van der Waals surface area (Å²) in [5.41, 5.74) is 1.39. The summed E-state index contributed by atoms with van der Waals surface area (Å²) >= 11 is 0. The number of fused-ring (bicyclic) bond motifs is 5. The second-order valence-corrected chi connectivity index (χ2v) is 9.18. The van der Waals surface area contributed by atoms with Gasteiger partial charge in [0.15, 0.2) is 0 Å². The van der Waals surface area contributed by atoms with E-state index in [4.69, 9.17) is 4.42 Å². The van der Waals surface area contributed by atoms with Crippen molar-refractivity contribution in [3.8, 4) is 0 Å². The molecule has 2 saturated carbocycles. The molecule has 3 aromatic rings. The number of hydrogen-bond donors (Lipinski definition) is 1. The third kappa shape index (κ3) is 2.23. The zero-order chi connectivity index (χ0) is 19.7. The molecule has 6 nitrogen and oxygen atoms in total. The van der Waals surface area contributed by atoms with E-state index in [0.29, 0.717) is 17.0 Å². The molecule has 0 aliphatic heterocycles. The van der Waals surface area contributed by atoms with Gasteiger partial charge in [-0.3, -0.25) is 14.2 Å². The van der Waals surface area contributed by atoms with E-state index >= 15 is 0 Å². The lowest BCUT2D eigenvalue weighted by atomic mass is 9.69. The average Bonchev–Trinajstić information content (AvgIpc) is 3.20. The van der Waals surface area contributed by atoms with Crippen LogP contribution in [0.2, 0.25) is 0 Å². The van der Waals surface area contributed by atoms with Gasteiger partial charge in [-0.05, 0) is 48.1 Å². The van der Waals surface area contributed by atoms with Gasteiger partial charge in [0, 0.05) is 11.4 Å². The lowest BCUT2D eigenvalue weighted by molar-refractivity contribution is -0.123. The predicted octanol–water partition coefficient (Wildman–Crippen LogP) is 3.47. The molecule has 0 radical (unpaired) electrons. The number of furan rings is 1. The fourth-order valence-electron chi connectivity index (χ4n) is 5.54. The average molecular weight is 379 g/mol. The van der Waals surface area contributed by atoms with Crippen LogP contribution in [-0.2, 0) is 11.3 Å². The number of nitrogens with one attached hydrogen (secondary N) is 1. The normalized spacial score (nSPS) is 28.2. The van der Waals surface area contributed by atoms with E-state index in [1.807, 2.05) is 24.3 Å². The Bertz CT molecular complexity index is 1160.